The molecule has 1 atom stereocenters. The van der Waals surface area contributed by atoms with Crippen LogP contribution in [0.2, 0.25) is 0 Å². The van der Waals surface area contributed by atoms with E-state index >= 15 is 0 Å². The van der Waals surface area contributed by atoms with Crippen molar-refractivity contribution in [2.24, 2.45) is 11.7 Å². The average Bonchev–Trinajstić information content (AvgIpc) is 2.44. The van der Waals surface area contributed by atoms with Crippen molar-refractivity contribution >= 4 is 15.9 Å². The van der Waals surface area contributed by atoms with Gasteiger partial charge in [0.2, 0.25) is 0 Å². The quantitative estimate of drug-likeness (QED) is 0.823. The molecule has 1 unspecified atom stereocenters. The predicted octanol–water partition coefficient (Wildman–Crippen LogP) is 1.43. The molecule has 5 nitrogen and oxygen atoms in total. The molecule has 1 saturated heterocycles. The fourth-order valence-corrected chi connectivity index (χ4v) is 3.60. The number of anilines is 1. The molecule has 0 saturated carbocycles. The summed E-state index contributed by atoms with van der Waals surface area (Å²) in [5, 5.41) is 0. The van der Waals surface area contributed by atoms with Gasteiger partial charge in [-0.2, -0.15) is 12.7 Å². The molecular formula is C12H16F3N3O2S. The van der Waals surface area contributed by atoms with Crippen LogP contribution in [0, 0.1) is 23.4 Å². The molecule has 0 aliphatic carbocycles. The summed E-state index contributed by atoms with van der Waals surface area (Å²) < 4.78 is 67.0. The van der Waals surface area contributed by atoms with Gasteiger partial charge in [-0.25, -0.2) is 13.2 Å². The standard InChI is InChI=1S/C12H16F3N3O2S/c13-9-4-10(14)12(15)11(5-9)17-21(19,20)18-3-1-2-8(6-16)7-18/h4-5,8,17H,1-3,6-7,16H2. The summed E-state index contributed by atoms with van der Waals surface area (Å²) in [6.45, 7) is 0.797. The van der Waals surface area contributed by atoms with Crippen molar-refractivity contribution in [2.75, 3.05) is 24.4 Å². The van der Waals surface area contributed by atoms with Crippen LogP contribution in [0.4, 0.5) is 18.9 Å². The van der Waals surface area contributed by atoms with Crippen LogP contribution in [0.25, 0.3) is 0 Å². The summed E-state index contributed by atoms with van der Waals surface area (Å²) in [4.78, 5) is 0. The first-order chi connectivity index (χ1) is 9.83. The Morgan fingerprint density at radius 3 is 2.71 bits per heavy atom. The second-order valence-electron chi connectivity index (χ2n) is 4.96. The Labute approximate surface area is 121 Å². The van der Waals surface area contributed by atoms with E-state index in [1.165, 1.54) is 0 Å². The molecule has 3 N–H and O–H groups in total. The summed E-state index contributed by atoms with van der Waals surface area (Å²) in [7, 11) is -4.08. The normalized spacial score (nSPS) is 20.5. The lowest BCUT2D eigenvalue weighted by molar-refractivity contribution is 0.272. The van der Waals surface area contributed by atoms with Crippen LogP contribution in [0.15, 0.2) is 12.1 Å². The van der Waals surface area contributed by atoms with Crippen molar-refractivity contribution in [3.63, 3.8) is 0 Å². The molecule has 21 heavy (non-hydrogen) atoms. The zero-order valence-corrected chi connectivity index (χ0v) is 12.0. The Hall–Kier alpha value is -1.32. The topological polar surface area (TPSA) is 75.4 Å². The first-order valence-corrected chi connectivity index (χ1v) is 7.90. The van der Waals surface area contributed by atoms with Gasteiger partial charge in [-0.15, -0.1) is 0 Å². The second kappa shape index (κ2) is 6.20. The first kappa shape index (κ1) is 16.1. The van der Waals surface area contributed by atoms with E-state index < -0.39 is 33.3 Å². The smallest absolute Gasteiger partial charge is 0.301 e. The van der Waals surface area contributed by atoms with Gasteiger partial charge in [0, 0.05) is 25.2 Å². The highest BCUT2D eigenvalue weighted by atomic mass is 32.2. The predicted molar refractivity (Wildman–Crippen MR) is 72.2 cm³/mol. The van der Waals surface area contributed by atoms with E-state index in [1.54, 1.807) is 0 Å². The van der Waals surface area contributed by atoms with Gasteiger partial charge < -0.3 is 5.73 Å². The number of hydrogen-bond donors (Lipinski definition) is 2. The number of halogens is 3. The van der Waals surface area contributed by atoms with E-state index in [4.69, 9.17) is 5.73 Å². The van der Waals surface area contributed by atoms with Gasteiger partial charge in [-0.1, -0.05) is 0 Å². The summed E-state index contributed by atoms with van der Waals surface area (Å²) in [5.41, 5.74) is 4.78. The zero-order valence-electron chi connectivity index (χ0n) is 11.2. The number of benzene rings is 1. The van der Waals surface area contributed by atoms with E-state index in [9.17, 15) is 21.6 Å². The van der Waals surface area contributed by atoms with Crippen LogP contribution in [-0.4, -0.2) is 32.4 Å². The van der Waals surface area contributed by atoms with Crippen LogP contribution < -0.4 is 10.5 Å². The number of nitrogens with two attached hydrogens (primary N) is 1. The highest BCUT2D eigenvalue weighted by Crippen LogP contribution is 2.23. The Morgan fingerprint density at radius 2 is 2.05 bits per heavy atom. The molecular weight excluding hydrogens is 307 g/mol. The highest BCUT2D eigenvalue weighted by molar-refractivity contribution is 7.90. The van der Waals surface area contributed by atoms with Crippen LogP contribution >= 0.6 is 0 Å². The summed E-state index contributed by atoms with van der Waals surface area (Å²) in [5.74, 6) is -3.94. The van der Waals surface area contributed by atoms with E-state index in [-0.39, 0.29) is 19.0 Å². The lowest BCUT2D eigenvalue weighted by Gasteiger charge is -2.31. The molecule has 0 bridgehead atoms. The van der Waals surface area contributed by atoms with Gasteiger partial charge in [-0.05, 0) is 25.3 Å². The van der Waals surface area contributed by atoms with Crippen molar-refractivity contribution < 1.29 is 21.6 Å². The van der Waals surface area contributed by atoms with Crippen molar-refractivity contribution in [1.29, 1.82) is 0 Å². The number of piperidine rings is 1. The minimum Gasteiger partial charge on any atom is -0.330 e. The lowest BCUT2D eigenvalue weighted by Crippen LogP contribution is -2.44. The third-order valence-corrected chi connectivity index (χ3v) is 4.88. The maximum atomic E-state index is 13.5. The maximum Gasteiger partial charge on any atom is 0.301 e. The first-order valence-electron chi connectivity index (χ1n) is 6.46. The van der Waals surface area contributed by atoms with E-state index in [2.05, 4.69) is 0 Å². The van der Waals surface area contributed by atoms with Gasteiger partial charge in [0.25, 0.3) is 0 Å². The van der Waals surface area contributed by atoms with Crippen molar-refractivity contribution in [3.05, 3.63) is 29.6 Å². The molecule has 0 spiro atoms. The molecule has 1 fully saturated rings. The van der Waals surface area contributed by atoms with Crippen LogP contribution in [0.3, 0.4) is 0 Å². The lowest BCUT2D eigenvalue weighted by atomic mass is 10.0. The third-order valence-electron chi connectivity index (χ3n) is 3.39. The molecule has 1 aromatic carbocycles. The van der Waals surface area contributed by atoms with Crippen molar-refractivity contribution in [2.45, 2.75) is 12.8 Å². The number of hydrogen-bond acceptors (Lipinski definition) is 3. The fourth-order valence-electron chi connectivity index (χ4n) is 2.27. The Kier molecular flexibility index (Phi) is 4.74. The molecule has 118 valence electrons. The molecule has 1 aliphatic rings. The Morgan fingerprint density at radius 1 is 1.33 bits per heavy atom. The minimum atomic E-state index is -4.08. The van der Waals surface area contributed by atoms with Crippen LogP contribution in [0.5, 0.6) is 0 Å². The number of rotatable bonds is 4. The minimum absolute atomic E-state index is 0.0180. The molecule has 0 radical (unpaired) electrons. The molecule has 9 heteroatoms. The van der Waals surface area contributed by atoms with Crippen molar-refractivity contribution in [3.8, 4) is 0 Å². The molecule has 0 aromatic heterocycles. The van der Waals surface area contributed by atoms with Gasteiger partial charge >= 0.3 is 10.2 Å². The van der Waals surface area contributed by atoms with Gasteiger partial charge in [0.1, 0.15) is 5.82 Å². The summed E-state index contributed by atoms with van der Waals surface area (Å²) in [6.07, 6.45) is 1.44. The number of nitrogens with one attached hydrogen (secondary N) is 1. The fraction of sp³-hybridized carbons (Fsp3) is 0.500. The third kappa shape index (κ3) is 3.66. The molecule has 1 aromatic rings. The van der Waals surface area contributed by atoms with Crippen molar-refractivity contribution in [1.82, 2.24) is 4.31 Å². The van der Waals surface area contributed by atoms with E-state index in [1.807, 2.05) is 4.72 Å². The molecule has 2 rings (SSSR count). The monoisotopic (exact) mass is 323 g/mol. The maximum absolute atomic E-state index is 13.5. The largest absolute Gasteiger partial charge is 0.330 e. The highest BCUT2D eigenvalue weighted by Gasteiger charge is 2.29. The molecule has 1 aliphatic heterocycles. The van der Waals surface area contributed by atoms with Gasteiger partial charge in [0.15, 0.2) is 11.6 Å². The molecule has 0 amide bonds. The van der Waals surface area contributed by atoms with E-state index in [0.717, 1.165) is 10.7 Å². The summed E-state index contributed by atoms with van der Waals surface area (Å²) >= 11 is 0. The molecule has 1 heterocycles. The van der Waals surface area contributed by atoms with Gasteiger partial charge in [0.05, 0.1) is 5.69 Å². The average molecular weight is 323 g/mol. The zero-order chi connectivity index (χ0) is 15.6. The van der Waals surface area contributed by atoms with Crippen LogP contribution in [0.1, 0.15) is 12.8 Å². The SMILES string of the molecule is NCC1CCCN(S(=O)(=O)Nc2cc(F)cc(F)c2F)C1. The van der Waals surface area contributed by atoms with Crippen LogP contribution in [-0.2, 0) is 10.2 Å². The second-order valence-corrected chi connectivity index (χ2v) is 6.63. The van der Waals surface area contributed by atoms with Gasteiger partial charge in [-0.3, -0.25) is 4.72 Å². The number of nitrogens with zero attached hydrogens (tertiary/aromatic N) is 1. The Balaban J connectivity index is 2.21. The summed E-state index contributed by atoms with van der Waals surface area (Å²) in [6, 6.07) is 0.943. The van der Waals surface area contributed by atoms with E-state index in [0.29, 0.717) is 25.1 Å². The Bertz CT molecular complexity index is 624.